The first-order valence-corrected chi connectivity index (χ1v) is 6.58. The fourth-order valence-electron chi connectivity index (χ4n) is 2.05. The van der Waals surface area contributed by atoms with Gasteiger partial charge in [0.05, 0.1) is 5.54 Å². The van der Waals surface area contributed by atoms with Gasteiger partial charge in [-0.2, -0.15) is 0 Å². The molecule has 1 fully saturated rings. The lowest BCUT2D eigenvalue weighted by Gasteiger charge is -2.33. The molecule has 3 N–H and O–H groups in total. The van der Waals surface area contributed by atoms with Crippen LogP contribution in [0.5, 0.6) is 0 Å². The number of rotatable bonds is 3. The Morgan fingerprint density at radius 1 is 1.37 bits per heavy atom. The summed E-state index contributed by atoms with van der Waals surface area (Å²) in [6, 6.07) is 2.00. The van der Waals surface area contributed by atoms with Crippen LogP contribution >= 0.6 is 0 Å². The quantitative estimate of drug-likeness (QED) is 0.819. The lowest BCUT2D eigenvalue weighted by molar-refractivity contribution is -0.126. The number of nitrogens with zero attached hydrogens (tertiary/aromatic N) is 3. The molecule has 6 heteroatoms. The molecule has 0 unspecified atom stereocenters. The fourth-order valence-corrected chi connectivity index (χ4v) is 2.05. The first-order valence-electron chi connectivity index (χ1n) is 6.58. The van der Waals surface area contributed by atoms with E-state index >= 15 is 0 Å². The van der Waals surface area contributed by atoms with Gasteiger partial charge in [0.25, 0.3) is 0 Å². The van der Waals surface area contributed by atoms with Crippen LogP contribution in [0.15, 0.2) is 18.5 Å². The Kier molecular flexibility index (Phi) is 3.99. The zero-order valence-corrected chi connectivity index (χ0v) is 11.5. The highest BCUT2D eigenvalue weighted by molar-refractivity contribution is 5.85. The molecular weight excluding hydrogens is 242 g/mol. The minimum atomic E-state index is -0.820. The molecule has 0 atom stereocenters. The van der Waals surface area contributed by atoms with E-state index in [-0.39, 0.29) is 11.9 Å². The van der Waals surface area contributed by atoms with E-state index in [0.29, 0.717) is 0 Å². The van der Waals surface area contributed by atoms with E-state index in [1.165, 1.54) is 0 Å². The van der Waals surface area contributed by atoms with Gasteiger partial charge in [0, 0.05) is 31.5 Å². The van der Waals surface area contributed by atoms with E-state index < -0.39 is 5.54 Å². The molecule has 1 aromatic heterocycles. The fraction of sp³-hybridized carbons (Fsp3) is 0.615. The Morgan fingerprint density at radius 2 is 1.95 bits per heavy atom. The summed E-state index contributed by atoms with van der Waals surface area (Å²) in [7, 11) is 0. The van der Waals surface area contributed by atoms with E-state index in [2.05, 4.69) is 20.2 Å². The van der Waals surface area contributed by atoms with Gasteiger partial charge in [-0.05, 0) is 32.8 Å². The van der Waals surface area contributed by atoms with Crippen molar-refractivity contribution in [2.45, 2.75) is 38.3 Å². The highest BCUT2D eigenvalue weighted by Gasteiger charge is 2.27. The van der Waals surface area contributed by atoms with Crippen molar-refractivity contribution in [2.24, 2.45) is 5.73 Å². The van der Waals surface area contributed by atoms with Crippen LogP contribution in [0.3, 0.4) is 0 Å². The summed E-state index contributed by atoms with van der Waals surface area (Å²) >= 11 is 0. The highest BCUT2D eigenvalue weighted by Crippen LogP contribution is 2.15. The number of aromatic nitrogens is 2. The van der Waals surface area contributed by atoms with Crippen molar-refractivity contribution in [3.63, 3.8) is 0 Å². The lowest BCUT2D eigenvalue weighted by Crippen LogP contribution is -2.54. The molecule has 6 nitrogen and oxygen atoms in total. The number of hydrogen-bond donors (Lipinski definition) is 2. The van der Waals surface area contributed by atoms with Crippen molar-refractivity contribution in [1.82, 2.24) is 15.3 Å². The molecule has 0 bridgehead atoms. The minimum Gasteiger partial charge on any atom is -0.352 e. The maximum atomic E-state index is 11.8. The Balaban J connectivity index is 1.85. The summed E-state index contributed by atoms with van der Waals surface area (Å²) in [4.78, 5) is 22.4. The van der Waals surface area contributed by atoms with Gasteiger partial charge in [-0.25, -0.2) is 9.97 Å². The third-order valence-electron chi connectivity index (χ3n) is 3.25. The normalized spacial score (nSPS) is 17.3. The summed E-state index contributed by atoms with van der Waals surface area (Å²) < 4.78 is 0. The zero-order valence-electron chi connectivity index (χ0n) is 11.5. The van der Waals surface area contributed by atoms with Crippen molar-refractivity contribution in [3.05, 3.63) is 18.5 Å². The van der Waals surface area contributed by atoms with E-state index in [0.717, 1.165) is 31.9 Å². The average molecular weight is 263 g/mol. The molecule has 1 amide bonds. The van der Waals surface area contributed by atoms with Crippen molar-refractivity contribution in [2.75, 3.05) is 18.0 Å². The SMILES string of the molecule is CC(C)(N)C(=O)NC1CCN(c2ncccn2)CC1. The topological polar surface area (TPSA) is 84.1 Å². The molecule has 0 aliphatic carbocycles. The Hall–Kier alpha value is -1.69. The number of nitrogens with one attached hydrogen (secondary N) is 1. The third kappa shape index (κ3) is 3.64. The maximum Gasteiger partial charge on any atom is 0.239 e. The molecule has 2 rings (SSSR count). The van der Waals surface area contributed by atoms with Crippen LogP contribution in [0.25, 0.3) is 0 Å². The second-order valence-electron chi connectivity index (χ2n) is 5.51. The standard InChI is InChI=1S/C13H21N5O/c1-13(2,14)11(19)17-10-4-8-18(9-5-10)12-15-6-3-7-16-12/h3,6-7,10H,4-5,8-9,14H2,1-2H3,(H,17,19). The average Bonchev–Trinajstić information content (AvgIpc) is 2.39. The summed E-state index contributed by atoms with van der Waals surface area (Å²) in [6.45, 7) is 5.13. The van der Waals surface area contributed by atoms with Crippen LogP contribution < -0.4 is 16.0 Å². The van der Waals surface area contributed by atoms with Gasteiger partial charge >= 0.3 is 0 Å². The molecule has 104 valence electrons. The number of amides is 1. The first kappa shape index (κ1) is 13.7. The third-order valence-corrected chi connectivity index (χ3v) is 3.25. The summed E-state index contributed by atoms with van der Waals surface area (Å²) in [5.41, 5.74) is 4.95. The van der Waals surface area contributed by atoms with Crippen molar-refractivity contribution < 1.29 is 4.79 Å². The monoisotopic (exact) mass is 263 g/mol. The molecule has 1 saturated heterocycles. The molecule has 0 spiro atoms. The van der Waals surface area contributed by atoms with Crippen LogP contribution in [-0.4, -0.2) is 40.5 Å². The summed E-state index contributed by atoms with van der Waals surface area (Å²) in [6.07, 6.45) is 5.26. The molecule has 19 heavy (non-hydrogen) atoms. The van der Waals surface area contributed by atoms with Crippen molar-refractivity contribution >= 4 is 11.9 Å². The molecule has 0 radical (unpaired) electrons. The van der Waals surface area contributed by atoms with Crippen LogP contribution in [0, 0.1) is 0 Å². The molecule has 1 aliphatic rings. The maximum absolute atomic E-state index is 11.8. The Bertz CT molecular complexity index is 420. The van der Waals surface area contributed by atoms with Crippen LogP contribution in [0.1, 0.15) is 26.7 Å². The molecule has 0 aromatic carbocycles. The molecule has 0 saturated carbocycles. The lowest BCUT2D eigenvalue weighted by atomic mass is 10.0. The molecule has 1 aromatic rings. The van der Waals surface area contributed by atoms with Crippen molar-refractivity contribution in [3.8, 4) is 0 Å². The number of carbonyl (C=O) groups excluding carboxylic acids is 1. The van der Waals surface area contributed by atoms with E-state index in [4.69, 9.17) is 5.73 Å². The van der Waals surface area contributed by atoms with Gasteiger partial charge in [0.15, 0.2) is 0 Å². The molecule has 1 aliphatic heterocycles. The summed E-state index contributed by atoms with van der Waals surface area (Å²) in [5, 5.41) is 3.00. The van der Waals surface area contributed by atoms with Gasteiger partial charge < -0.3 is 16.0 Å². The van der Waals surface area contributed by atoms with E-state index in [1.54, 1.807) is 32.3 Å². The second kappa shape index (κ2) is 5.52. The Morgan fingerprint density at radius 3 is 2.47 bits per heavy atom. The zero-order chi connectivity index (χ0) is 13.9. The largest absolute Gasteiger partial charge is 0.352 e. The van der Waals surface area contributed by atoms with Gasteiger partial charge in [-0.15, -0.1) is 0 Å². The minimum absolute atomic E-state index is 0.0955. The Labute approximate surface area is 113 Å². The number of nitrogens with two attached hydrogens (primary N) is 1. The van der Waals surface area contributed by atoms with Gasteiger partial charge in [-0.1, -0.05) is 0 Å². The van der Waals surface area contributed by atoms with E-state index in [1.807, 2.05) is 0 Å². The first-order chi connectivity index (χ1) is 8.97. The predicted octanol–water partition coefficient (Wildman–Crippen LogP) is 0.299. The number of hydrogen-bond acceptors (Lipinski definition) is 5. The van der Waals surface area contributed by atoms with Crippen LogP contribution in [0.4, 0.5) is 5.95 Å². The van der Waals surface area contributed by atoms with Gasteiger partial charge in [0.2, 0.25) is 11.9 Å². The molecular formula is C13H21N5O. The van der Waals surface area contributed by atoms with Gasteiger partial charge in [-0.3, -0.25) is 4.79 Å². The van der Waals surface area contributed by atoms with Crippen LogP contribution in [0.2, 0.25) is 0 Å². The van der Waals surface area contributed by atoms with E-state index in [9.17, 15) is 4.79 Å². The summed E-state index contributed by atoms with van der Waals surface area (Å²) in [5.74, 6) is 0.661. The second-order valence-corrected chi connectivity index (χ2v) is 5.51. The number of anilines is 1. The highest BCUT2D eigenvalue weighted by atomic mass is 16.2. The van der Waals surface area contributed by atoms with Crippen molar-refractivity contribution in [1.29, 1.82) is 0 Å². The predicted molar refractivity (Wildman–Crippen MR) is 73.7 cm³/mol. The smallest absolute Gasteiger partial charge is 0.239 e. The molecule has 2 heterocycles. The number of carbonyl (C=O) groups is 1. The number of piperidine rings is 1. The van der Waals surface area contributed by atoms with Gasteiger partial charge in [0.1, 0.15) is 0 Å². The van der Waals surface area contributed by atoms with Crippen LogP contribution in [-0.2, 0) is 4.79 Å².